The Kier molecular flexibility index (Phi) is 3.06. The average molecular weight is 286 g/mol. The van der Waals surface area contributed by atoms with Crippen LogP contribution in [0.5, 0.6) is 0 Å². The number of fused-ring (bicyclic) bond motifs is 2. The molecule has 0 saturated carbocycles. The zero-order valence-corrected chi connectivity index (χ0v) is 10.6. The van der Waals surface area contributed by atoms with E-state index in [9.17, 15) is 9.59 Å². The molecule has 1 atom stereocenters. The molecule has 0 bridgehead atoms. The van der Waals surface area contributed by atoms with Crippen LogP contribution in [0.3, 0.4) is 0 Å². The van der Waals surface area contributed by atoms with Gasteiger partial charge in [0.2, 0.25) is 0 Å². The summed E-state index contributed by atoms with van der Waals surface area (Å²) in [5.41, 5.74) is 6.04. The topological polar surface area (TPSA) is 91.7 Å². The van der Waals surface area contributed by atoms with E-state index in [1.807, 2.05) is 0 Å². The van der Waals surface area contributed by atoms with E-state index in [2.05, 4.69) is 9.97 Å². The molecule has 4 N–H and O–H groups in total. The second kappa shape index (κ2) is 4.28. The lowest BCUT2D eigenvalue weighted by molar-refractivity contribution is 0.973. The lowest BCUT2D eigenvalue weighted by Crippen LogP contribution is -2.47. The Balaban J connectivity index is 0.00000120. The lowest BCUT2D eigenvalue weighted by Gasteiger charge is -2.15. The number of rotatable bonds is 0. The van der Waals surface area contributed by atoms with Crippen molar-refractivity contribution in [1.29, 1.82) is 0 Å². The van der Waals surface area contributed by atoms with Gasteiger partial charge in [-0.05, 0) is 12.2 Å². The minimum Gasteiger partial charge on any atom is -0.321 e. The Morgan fingerprint density at radius 1 is 1.22 bits per heavy atom. The van der Waals surface area contributed by atoms with Gasteiger partial charge in [-0.3, -0.25) is 9.59 Å². The number of halogens is 2. The van der Waals surface area contributed by atoms with Crippen LogP contribution in [0.1, 0.15) is 0 Å². The second-order valence-corrected chi connectivity index (χ2v) is 4.31. The Labute approximate surface area is 112 Å². The zero-order valence-electron chi connectivity index (χ0n) is 8.99. The van der Waals surface area contributed by atoms with E-state index in [-0.39, 0.29) is 18.4 Å². The molecule has 0 radical (unpaired) electrons. The maximum Gasteiger partial charge on any atom is 0.314 e. The van der Waals surface area contributed by atoms with Crippen molar-refractivity contribution in [3.63, 3.8) is 0 Å². The molecule has 1 unspecified atom stereocenters. The van der Waals surface area contributed by atoms with Crippen molar-refractivity contribution in [2.24, 2.45) is 5.73 Å². The molecule has 0 fully saturated rings. The maximum atomic E-state index is 11.3. The third-order valence-corrected chi connectivity index (χ3v) is 3.18. The van der Waals surface area contributed by atoms with Crippen molar-refractivity contribution in [3.05, 3.63) is 54.2 Å². The molecular weight excluding hydrogens is 277 g/mol. The van der Waals surface area contributed by atoms with Crippen LogP contribution in [-0.4, -0.2) is 16.0 Å². The highest BCUT2D eigenvalue weighted by molar-refractivity contribution is 6.33. The van der Waals surface area contributed by atoms with Crippen LogP contribution in [0.25, 0.3) is 11.6 Å². The Morgan fingerprint density at radius 3 is 2.61 bits per heavy atom. The van der Waals surface area contributed by atoms with Gasteiger partial charge in [-0.2, -0.15) is 0 Å². The van der Waals surface area contributed by atoms with Crippen molar-refractivity contribution < 1.29 is 0 Å². The third-order valence-electron chi connectivity index (χ3n) is 2.85. The van der Waals surface area contributed by atoms with Crippen molar-refractivity contribution in [1.82, 2.24) is 9.97 Å². The number of hydrogen-bond acceptors (Lipinski definition) is 3. The highest BCUT2D eigenvalue weighted by Gasteiger charge is 2.23. The van der Waals surface area contributed by atoms with Gasteiger partial charge in [-0.25, -0.2) is 0 Å². The lowest BCUT2D eigenvalue weighted by atomic mass is 9.96. The summed E-state index contributed by atoms with van der Waals surface area (Å²) in [6.07, 6.45) is 5.17. The molecule has 94 valence electrons. The Hall–Kier alpha value is -1.56. The molecule has 0 aromatic carbocycles. The van der Waals surface area contributed by atoms with Crippen molar-refractivity contribution in [2.75, 3.05) is 0 Å². The van der Waals surface area contributed by atoms with Crippen LogP contribution >= 0.6 is 24.0 Å². The van der Waals surface area contributed by atoms with E-state index in [1.54, 1.807) is 18.2 Å². The van der Waals surface area contributed by atoms with Gasteiger partial charge >= 0.3 is 11.1 Å². The predicted molar refractivity (Wildman–Crippen MR) is 72.0 cm³/mol. The first kappa shape index (κ1) is 12.9. The molecule has 1 aromatic heterocycles. The van der Waals surface area contributed by atoms with Crippen molar-refractivity contribution in [3.8, 4) is 0 Å². The highest BCUT2D eigenvalue weighted by Crippen LogP contribution is 2.28. The van der Waals surface area contributed by atoms with E-state index in [0.717, 1.165) is 11.1 Å². The van der Waals surface area contributed by atoms with Gasteiger partial charge in [-0.1, -0.05) is 17.7 Å². The van der Waals surface area contributed by atoms with Crippen LogP contribution < -0.4 is 27.6 Å². The minimum absolute atomic E-state index is 0. The molecule has 0 saturated heterocycles. The summed E-state index contributed by atoms with van der Waals surface area (Å²) in [6.45, 7) is 0. The van der Waals surface area contributed by atoms with Gasteiger partial charge < -0.3 is 15.7 Å². The number of allylic oxidation sites excluding steroid dienone is 2. The van der Waals surface area contributed by atoms with Gasteiger partial charge in [0.25, 0.3) is 0 Å². The third kappa shape index (κ3) is 1.68. The highest BCUT2D eigenvalue weighted by atomic mass is 35.5. The number of aromatic amines is 2. The largest absolute Gasteiger partial charge is 0.321 e. The monoisotopic (exact) mass is 285 g/mol. The summed E-state index contributed by atoms with van der Waals surface area (Å²) >= 11 is 6.05. The first-order valence-corrected chi connectivity index (χ1v) is 5.38. The quantitative estimate of drug-likeness (QED) is 0.524. The maximum absolute atomic E-state index is 11.3. The molecule has 3 rings (SSSR count). The SMILES string of the molecule is Cl.NC1C=CC(Cl)=C2C=c3[nH]c(=O)c(=O)[nH]c3=C21. The summed E-state index contributed by atoms with van der Waals surface area (Å²) in [4.78, 5) is 27.6. The Morgan fingerprint density at radius 2 is 1.89 bits per heavy atom. The molecule has 1 heterocycles. The van der Waals surface area contributed by atoms with Crippen LogP contribution in [0.2, 0.25) is 0 Å². The van der Waals surface area contributed by atoms with Crippen LogP contribution in [0.15, 0.2) is 32.3 Å². The average Bonchev–Trinajstić information content (AvgIpc) is 2.64. The van der Waals surface area contributed by atoms with E-state index < -0.39 is 11.1 Å². The summed E-state index contributed by atoms with van der Waals surface area (Å²) < 4.78 is 0. The van der Waals surface area contributed by atoms with Crippen molar-refractivity contribution in [2.45, 2.75) is 6.04 Å². The molecular formula is C11H9Cl2N3O2. The summed E-state index contributed by atoms with van der Waals surface area (Å²) in [7, 11) is 0. The molecule has 0 spiro atoms. The molecule has 2 aliphatic carbocycles. The minimum atomic E-state index is -0.691. The van der Waals surface area contributed by atoms with E-state index in [0.29, 0.717) is 15.7 Å². The number of H-pyrrole nitrogens is 2. The smallest absolute Gasteiger partial charge is 0.314 e. The zero-order chi connectivity index (χ0) is 12.2. The van der Waals surface area contributed by atoms with Gasteiger partial charge in [0, 0.05) is 16.2 Å². The van der Waals surface area contributed by atoms with Gasteiger partial charge in [0.1, 0.15) is 0 Å². The fourth-order valence-corrected chi connectivity index (χ4v) is 2.30. The standard InChI is InChI=1S/C11H8ClN3O2.ClH/c12-5-1-2-6(13)8-4(5)3-7-9(8)15-11(17)10(16)14-7;/h1-3,6H,13H2,(H,14,16)(H,15,17);1H. The summed E-state index contributed by atoms with van der Waals surface area (Å²) in [5, 5.41) is 1.62. The van der Waals surface area contributed by atoms with Crippen LogP contribution in [0, 0.1) is 0 Å². The number of hydrogen-bond donors (Lipinski definition) is 3. The van der Waals surface area contributed by atoms with Crippen molar-refractivity contribution >= 4 is 35.7 Å². The molecule has 0 aliphatic heterocycles. The number of aromatic nitrogens is 2. The molecule has 2 aliphatic rings. The first-order valence-electron chi connectivity index (χ1n) is 5.00. The second-order valence-electron chi connectivity index (χ2n) is 3.90. The first-order chi connectivity index (χ1) is 8.08. The predicted octanol–water partition coefficient (Wildman–Crippen LogP) is -1.18. The van der Waals surface area contributed by atoms with E-state index in [1.165, 1.54) is 0 Å². The van der Waals surface area contributed by atoms with Gasteiger partial charge in [0.05, 0.1) is 16.7 Å². The summed E-state index contributed by atoms with van der Waals surface area (Å²) in [5.74, 6) is 0. The van der Waals surface area contributed by atoms with Gasteiger partial charge in [-0.15, -0.1) is 12.4 Å². The normalized spacial score (nSPS) is 20.1. The fourth-order valence-electron chi connectivity index (χ4n) is 2.07. The molecule has 0 amide bonds. The molecule has 18 heavy (non-hydrogen) atoms. The Bertz CT molecular complexity index is 814. The molecule has 7 heteroatoms. The van der Waals surface area contributed by atoms with E-state index >= 15 is 0 Å². The summed E-state index contributed by atoms with van der Waals surface area (Å²) in [6, 6.07) is -0.341. The molecule has 1 aromatic rings. The van der Waals surface area contributed by atoms with Crippen LogP contribution in [-0.2, 0) is 0 Å². The molecule has 5 nitrogen and oxygen atoms in total. The fraction of sp³-hybridized carbons (Fsp3) is 0.0909. The number of nitrogens with two attached hydrogens (primary N) is 1. The van der Waals surface area contributed by atoms with E-state index in [4.69, 9.17) is 17.3 Å². The van der Waals surface area contributed by atoms with Gasteiger partial charge in [0.15, 0.2) is 0 Å². The number of nitrogens with one attached hydrogen (secondary N) is 2. The van der Waals surface area contributed by atoms with Crippen LogP contribution in [0.4, 0.5) is 0 Å².